The summed E-state index contributed by atoms with van der Waals surface area (Å²) in [5.74, 6) is -0.703. The van der Waals surface area contributed by atoms with Crippen LogP contribution in [0, 0.1) is 5.82 Å². The van der Waals surface area contributed by atoms with E-state index in [0.29, 0.717) is 16.3 Å². The number of nitrogens with one attached hydrogen (secondary N) is 2. The van der Waals surface area contributed by atoms with E-state index in [4.69, 9.17) is 4.74 Å². The second-order valence-corrected chi connectivity index (χ2v) is 6.28. The highest BCUT2D eigenvalue weighted by molar-refractivity contribution is 8.18. The van der Waals surface area contributed by atoms with Crippen LogP contribution in [0.3, 0.4) is 0 Å². The van der Waals surface area contributed by atoms with Crippen molar-refractivity contribution in [3.8, 4) is 5.75 Å². The van der Waals surface area contributed by atoms with Crippen LogP contribution in [0.1, 0.15) is 5.56 Å². The topological polar surface area (TPSA) is 84.5 Å². The SMILES string of the molecule is O=C(COc1ccc(/C=C2\SC(=O)NC2=O)cc1)Nc1ccc(F)cc1. The molecule has 1 aliphatic rings. The van der Waals surface area contributed by atoms with Gasteiger partial charge in [-0.3, -0.25) is 19.7 Å². The second kappa shape index (κ2) is 7.83. The van der Waals surface area contributed by atoms with E-state index in [-0.39, 0.29) is 18.3 Å². The van der Waals surface area contributed by atoms with Gasteiger partial charge in [0, 0.05) is 5.69 Å². The Balaban J connectivity index is 1.53. The van der Waals surface area contributed by atoms with Crippen molar-refractivity contribution in [2.75, 3.05) is 11.9 Å². The average Bonchev–Trinajstić information content (AvgIpc) is 2.93. The lowest BCUT2D eigenvalue weighted by Gasteiger charge is -2.08. The molecular weight excluding hydrogens is 359 g/mol. The maximum atomic E-state index is 12.8. The van der Waals surface area contributed by atoms with Crippen LogP contribution in [0.25, 0.3) is 6.08 Å². The second-order valence-electron chi connectivity index (χ2n) is 5.27. The highest BCUT2D eigenvalue weighted by Gasteiger charge is 2.24. The van der Waals surface area contributed by atoms with Crippen LogP contribution in [-0.2, 0) is 9.59 Å². The quantitative estimate of drug-likeness (QED) is 0.788. The van der Waals surface area contributed by atoms with E-state index < -0.39 is 11.1 Å². The van der Waals surface area contributed by atoms with E-state index in [1.54, 1.807) is 30.3 Å². The molecule has 0 unspecified atom stereocenters. The lowest BCUT2D eigenvalue weighted by atomic mass is 10.2. The summed E-state index contributed by atoms with van der Waals surface area (Å²) in [7, 11) is 0. The number of thioether (sulfide) groups is 1. The minimum Gasteiger partial charge on any atom is -0.484 e. The predicted octanol–water partition coefficient (Wildman–Crippen LogP) is 3.17. The predicted molar refractivity (Wildman–Crippen MR) is 96.1 cm³/mol. The number of hydrogen-bond donors (Lipinski definition) is 2. The Labute approximate surface area is 152 Å². The summed E-state index contributed by atoms with van der Waals surface area (Å²) >= 11 is 0.842. The third-order valence-electron chi connectivity index (χ3n) is 3.32. The number of carbonyl (C=O) groups is 3. The molecule has 132 valence electrons. The Morgan fingerprint density at radius 1 is 1.12 bits per heavy atom. The van der Waals surface area contributed by atoms with Gasteiger partial charge in [0.1, 0.15) is 11.6 Å². The number of imide groups is 1. The molecule has 1 heterocycles. The van der Waals surface area contributed by atoms with E-state index >= 15 is 0 Å². The van der Waals surface area contributed by atoms with Crippen molar-refractivity contribution < 1.29 is 23.5 Å². The number of benzene rings is 2. The van der Waals surface area contributed by atoms with E-state index in [1.807, 2.05) is 0 Å². The van der Waals surface area contributed by atoms with Crippen molar-refractivity contribution >= 4 is 40.6 Å². The molecule has 1 fully saturated rings. The fraction of sp³-hybridized carbons (Fsp3) is 0.0556. The Bertz CT molecular complexity index is 879. The molecule has 0 radical (unpaired) electrons. The molecule has 2 N–H and O–H groups in total. The van der Waals surface area contributed by atoms with Crippen LogP contribution in [0.5, 0.6) is 5.75 Å². The summed E-state index contributed by atoms with van der Waals surface area (Å²) < 4.78 is 18.2. The van der Waals surface area contributed by atoms with Gasteiger partial charge in [-0.2, -0.15) is 0 Å². The molecule has 2 aromatic carbocycles. The first-order chi connectivity index (χ1) is 12.5. The van der Waals surface area contributed by atoms with Crippen LogP contribution in [0.15, 0.2) is 53.4 Å². The monoisotopic (exact) mass is 372 g/mol. The first-order valence-electron chi connectivity index (χ1n) is 7.53. The van der Waals surface area contributed by atoms with Gasteiger partial charge < -0.3 is 10.1 Å². The summed E-state index contributed by atoms with van der Waals surface area (Å²) in [6.07, 6.45) is 1.59. The van der Waals surface area contributed by atoms with Gasteiger partial charge in [-0.05, 0) is 59.8 Å². The van der Waals surface area contributed by atoms with Gasteiger partial charge >= 0.3 is 0 Å². The number of rotatable bonds is 5. The summed E-state index contributed by atoms with van der Waals surface area (Å²) in [5.41, 5.74) is 1.20. The van der Waals surface area contributed by atoms with Gasteiger partial charge in [-0.15, -0.1) is 0 Å². The molecule has 0 aliphatic carbocycles. The van der Waals surface area contributed by atoms with Gasteiger partial charge in [0.15, 0.2) is 6.61 Å². The summed E-state index contributed by atoms with van der Waals surface area (Å²) in [4.78, 5) is 34.7. The normalized spacial score (nSPS) is 15.0. The smallest absolute Gasteiger partial charge is 0.290 e. The van der Waals surface area contributed by atoms with Gasteiger partial charge in [-0.25, -0.2) is 4.39 Å². The zero-order chi connectivity index (χ0) is 18.5. The summed E-state index contributed by atoms with van der Waals surface area (Å²) in [6, 6.07) is 12.1. The largest absolute Gasteiger partial charge is 0.484 e. The fourth-order valence-electron chi connectivity index (χ4n) is 2.11. The summed E-state index contributed by atoms with van der Waals surface area (Å²) in [6.45, 7) is -0.204. The molecule has 8 heteroatoms. The first-order valence-corrected chi connectivity index (χ1v) is 8.34. The van der Waals surface area contributed by atoms with Crippen LogP contribution < -0.4 is 15.4 Å². The molecule has 0 atom stereocenters. The highest BCUT2D eigenvalue weighted by Crippen LogP contribution is 2.26. The third kappa shape index (κ3) is 4.70. The van der Waals surface area contributed by atoms with E-state index in [2.05, 4.69) is 10.6 Å². The van der Waals surface area contributed by atoms with Crippen molar-refractivity contribution in [1.29, 1.82) is 0 Å². The van der Waals surface area contributed by atoms with Crippen LogP contribution in [0.2, 0.25) is 0 Å². The van der Waals surface area contributed by atoms with E-state index in [1.165, 1.54) is 24.3 Å². The molecular formula is C18H13FN2O4S. The Kier molecular flexibility index (Phi) is 5.33. The van der Waals surface area contributed by atoms with Gasteiger partial charge in [0.25, 0.3) is 17.1 Å². The Morgan fingerprint density at radius 2 is 1.81 bits per heavy atom. The minimum absolute atomic E-state index is 0.204. The lowest BCUT2D eigenvalue weighted by molar-refractivity contribution is -0.118. The zero-order valence-corrected chi connectivity index (χ0v) is 14.1. The van der Waals surface area contributed by atoms with E-state index in [9.17, 15) is 18.8 Å². The maximum Gasteiger partial charge on any atom is 0.290 e. The molecule has 26 heavy (non-hydrogen) atoms. The minimum atomic E-state index is -0.419. The third-order valence-corrected chi connectivity index (χ3v) is 4.13. The molecule has 3 rings (SSSR count). The van der Waals surface area contributed by atoms with Gasteiger partial charge in [0.05, 0.1) is 4.91 Å². The number of anilines is 1. The molecule has 0 bridgehead atoms. The molecule has 0 spiro atoms. The number of amides is 3. The van der Waals surface area contributed by atoms with Crippen molar-refractivity contribution in [2.24, 2.45) is 0 Å². The number of carbonyl (C=O) groups excluding carboxylic acids is 3. The van der Waals surface area contributed by atoms with Crippen LogP contribution in [-0.4, -0.2) is 23.7 Å². The lowest BCUT2D eigenvalue weighted by Crippen LogP contribution is -2.20. The zero-order valence-electron chi connectivity index (χ0n) is 13.3. The molecule has 1 saturated heterocycles. The van der Waals surface area contributed by atoms with Crippen LogP contribution >= 0.6 is 11.8 Å². The standard InChI is InChI=1S/C18H13FN2O4S/c19-12-3-5-13(6-4-12)20-16(22)10-25-14-7-1-11(2-8-14)9-15-17(23)21-18(24)26-15/h1-9H,10H2,(H,20,22)(H,21,23,24)/b15-9-. The fourth-order valence-corrected chi connectivity index (χ4v) is 2.79. The Morgan fingerprint density at radius 3 is 2.42 bits per heavy atom. The first kappa shape index (κ1) is 17.7. The van der Waals surface area contributed by atoms with Gasteiger partial charge in [-0.1, -0.05) is 12.1 Å². The molecule has 3 amide bonds. The summed E-state index contributed by atoms with van der Waals surface area (Å²) in [5, 5.41) is 4.37. The van der Waals surface area contributed by atoms with Crippen molar-refractivity contribution in [2.45, 2.75) is 0 Å². The number of ether oxygens (including phenoxy) is 1. The van der Waals surface area contributed by atoms with Crippen molar-refractivity contribution in [1.82, 2.24) is 5.32 Å². The molecule has 6 nitrogen and oxygen atoms in total. The molecule has 1 aliphatic heterocycles. The molecule has 0 aromatic heterocycles. The number of halogens is 1. The van der Waals surface area contributed by atoms with Crippen LogP contribution in [0.4, 0.5) is 14.9 Å². The number of hydrogen-bond acceptors (Lipinski definition) is 5. The Hall–Kier alpha value is -3.13. The van der Waals surface area contributed by atoms with E-state index in [0.717, 1.165) is 17.3 Å². The van der Waals surface area contributed by atoms with Gasteiger partial charge in [0.2, 0.25) is 0 Å². The maximum absolute atomic E-state index is 12.8. The highest BCUT2D eigenvalue weighted by atomic mass is 32.2. The average molecular weight is 372 g/mol. The van der Waals surface area contributed by atoms with Crippen molar-refractivity contribution in [3.05, 3.63) is 64.8 Å². The molecule has 0 saturated carbocycles. The molecule has 2 aromatic rings. The van der Waals surface area contributed by atoms with Crippen molar-refractivity contribution in [3.63, 3.8) is 0 Å².